The van der Waals surface area contributed by atoms with Crippen LogP contribution in [0.15, 0.2) is 12.3 Å². The smallest absolute Gasteiger partial charge is 0.0391 e. The Kier molecular flexibility index (Phi) is 2.87. The molecule has 0 aliphatic carbocycles. The van der Waals surface area contributed by atoms with E-state index >= 15 is 0 Å². The molecule has 2 heteroatoms. The van der Waals surface area contributed by atoms with Crippen LogP contribution in [0.25, 0.3) is 0 Å². The van der Waals surface area contributed by atoms with E-state index in [1.807, 2.05) is 0 Å². The molecule has 1 N–H and O–H groups in total. The molecule has 0 aromatic carbocycles. The standard InChI is InChI=1S/C13H22N2/c1-5-15-10(4)8-12-11(6-7-14-12)13(15)9(2)3/h6-7,9-10,13-14H,5,8H2,1-4H3/t10-,13-/m1/s1. The zero-order valence-corrected chi connectivity index (χ0v) is 10.2. The highest BCUT2D eigenvalue weighted by molar-refractivity contribution is 5.28. The summed E-state index contributed by atoms with van der Waals surface area (Å²) in [5.74, 6) is 0.683. The summed E-state index contributed by atoms with van der Waals surface area (Å²) < 4.78 is 0. The minimum atomic E-state index is 0.597. The van der Waals surface area contributed by atoms with Crippen LogP contribution < -0.4 is 0 Å². The Bertz CT molecular complexity index is 327. The third-order valence-electron chi connectivity index (χ3n) is 3.61. The molecule has 0 bridgehead atoms. The molecular weight excluding hydrogens is 184 g/mol. The molecule has 0 radical (unpaired) electrons. The Morgan fingerprint density at radius 3 is 2.87 bits per heavy atom. The molecule has 2 nitrogen and oxygen atoms in total. The van der Waals surface area contributed by atoms with E-state index < -0.39 is 0 Å². The topological polar surface area (TPSA) is 19.0 Å². The van der Waals surface area contributed by atoms with Gasteiger partial charge in [-0.1, -0.05) is 20.8 Å². The Hall–Kier alpha value is -0.760. The normalized spacial score (nSPS) is 27.0. The number of aromatic nitrogens is 1. The molecule has 0 saturated carbocycles. The maximum atomic E-state index is 3.39. The van der Waals surface area contributed by atoms with E-state index in [1.54, 1.807) is 0 Å². The number of H-pyrrole nitrogens is 1. The van der Waals surface area contributed by atoms with Crippen molar-refractivity contribution in [3.05, 3.63) is 23.5 Å². The van der Waals surface area contributed by atoms with Crippen LogP contribution in [0, 0.1) is 5.92 Å². The van der Waals surface area contributed by atoms with Gasteiger partial charge in [0.2, 0.25) is 0 Å². The van der Waals surface area contributed by atoms with E-state index in [0.717, 1.165) is 6.54 Å². The number of nitrogens with zero attached hydrogens (tertiary/aromatic N) is 1. The fraction of sp³-hybridized carbons (Fsp3) is 0.692. The van der Waals surface area contributed by atoms with Crippen LogP contribution in [0.3, 0.4) is 0 Å². The van der Waals surface area contributed by atoms with Gasteiger partial charge in [-0.25, -0.2) is 0 Å². The Labute approximate surface area is 92.7 Å². The van der Waals surface area contributed by atoms with Crippen molar-refractivity contribution in [1.29, 1.82) is 0 Å². The van der Waals surface area contributed by atoms with E-state index in [-0.39, 0.29) is 0 Å². The summed E-state index contributed by atoms with van der Waals surface area (Å²) in [5.41, 5.74) is 2.97. The highest BCUT2D eigenvalue weighted by Crippen LogP contribution is 2.36. The van der Waals surface area contributed by atoms with Gasteiger partial charge in [-0.3, -0.25) is 4.90 Å². The maximum absolute atomic E-state index is 3.39. The number of rotatable bonds is 2. The Morgan fingerprint density at radius 2 is 2.27 bits per heavy atom. The van der Waals surface area contributed by atoms with Gasteiger partial charge in [-0.15, -0.1) is 0 Å². The molecule has 0 saturated heterocycles. The van der Waals surface area contributed by atoms with Gasteiger partial charge in [0.05, 0.1) is 0 Å². The lowest BCUT2D eigenvalue weighted by atomic mass is 9.87. The molecule has 84 valence electrons. The molecule has 0 spiro atoms. The number of likely N-dealkylation sites (N-methyl/N-ethyl adjacent to an activating group) is 1. The zero-order valence-electron chi connectivity index (χ0n) is 10.2. The Morgan fingerprint density at radius 1 is 1.53 bits per heavy atom. The number of fused-ring (bicyclic) bond motifs is 1. The highest BCUT2D eigenvalue weighted by Gasteiger charge is 2.33. The number of aromatic amines is 1. The van der Waals surface area contributed by atoms with Gasteiger partial charge >= 0.3 is 0 Å². The molecule has 15 heavy (non-hydrogen) atoms. The van der Waals surface area contributed by atoms with Crippen molar-refractivity contribution >= 4 is 0 Å². The lowest BCUT2D eigenvalue weighted by molar-refractivity contribution is 0.101. The van der Waals surface area contributed by atoms with E-state index in [1.165, 1.54) is 17.7 Å². The zero-order chi connectivity index (χ0) is 11.0. The van der Waals surface area contributed by atoms with Crippen LogP contribution in [-0.4, -0.2) is 22.5 Å². The number of nitrogens with one attached hydrogen (secondary N) is 1. The second-order valence-electron chi connectivity index (χ2n) is 4.98. The summed E-state index contributed by atoms with van der Waals surface area (Å²) in [6, 6.07) is 3.52. The van der Waals surface area contributed by atoms with Crippen molar-refractivity contribution in [2.75, 3.05) is 6.54 Å². The summed E-state index contributed by atoms with van der Waals surface area (Å²) in [5, 5.41) is 0. The summed E-state index contributed by atoms with van der Waals surface area (Å²) in [6.07, 6.45) is 3.26. The van der Waals surface area contributed by atoms with E-state index in [2.05, 4.69) is 49.8 Å². The lowest BCUT2D eigenvalue weighted by Crippen LogP contribution is -2.43. The van der Waals surface area contributed by atoms with E-state index in [4.69, 9.17) is 0 Å². The fourth-order valence-corrected chi connectivity index (χ4v) is 2.99. The fourth-order valence-electron chi connectivity index (χ4n) is 2.99. The first kappa shape index (κ1) is 10.7. The van der Waals surface area contributed by atoms with Gasteiger partial charge in [-0.05, 0) is 31.0 Å². The van der Waals surface area contributed by atoms with Gasteiger partial charge in [0, 0.05) is 30.4 Å². The summed E-state index contributed by atoms with van der Waals surface area (Å²) >= 11 is 0. The van der Waals surface area contributed by atoms with Crippen LogP contribution in [0.5, 0.6) is 0 Å². The maximum Gasteiger partial charge on any atom is 0.0391 e. The first-order chi connectivity index (χ1) is 7.15. The predicted molar refractivity (Wildman–Crippen MR) is 63.9 cm³/mol. The average Bonchev–Trinajstić information content (AvgIpc) is 2.62. The summed E-state index contributed by atoms with van der Waals surface area (Å²) in [7, 11) is 0. The minimum Gasteiger partial charge on any atom is -0.365 e. The first-order valence-corrected chi connectivity index (χ1v) is 6.07. The molecule has 0 fully saturated rings. The molecule has 2 rings (SSSR count). The van der Waals surface area contributed by atoms with E-state index in [9.17, 15) is 0 Å². The van der Waals surface area contributed by atoms with Gasteiger partial charge in [0.1, 0.15) is 0 Å². The number of hydrogen-bond donors (Lipinski definition) is 1. The minimum absolute atomic E-state index is 0.597. The van der Waals surface area contributed by atoms with Crippen molar-refractivity contribution in [1.82, 2.24) is 9.88 Å². The molecule has 1 aliphatic heterocycles. The summed E-state index contributed by atoms with van der Waals surface area (Å²) in [6.45, 7) is 10.4. The van der Waals surface area contributed by atoms with Crippen molar-refractivity contribution in [3.8, 4) is 0 Å². The molecule has 0 amide bonds. The van der Waals surface area contributed by atoms with Crippen LogP contribution in [0.2, 0.25) is 0 Å². The van der Waals surface area contributed by atoms with Crippen LogP contribution in [-0.2, 0) is 6.42 Å². The van der Waals surface area contributed by atoms with Gasteiger partial charge in [0.25, 0.3) is 0 Å². The second kappa shape index (κ2) is 4.01. The molecule has 2 heterocycles. The van der Waals surface area contributed by atoms with Gasteiger partial charge in [-0.2, -0.15) is 0 Å². The van der Waals surface area contributed by atoms with Gasteiger partial charge in [0.15, 0.2) is 0 Å². The van der Waals surface area contributed by atoms with E-state index in [0.29, 0.717) is 18.0 Å². The molecule has 0 unspecified atom stereocenters. The molecular formula is C13H22N2. The second-order valence-corrected chi connectivity index (χ2v) is 4.98. The average molecular weight is 206 g/mol. The lowest BCUT2D eigenvalue weighted by Gasteiger charge is -2.42. The monoisotopic (exact) mass is 206 g/mol. The van der Waals surface area contributed by atoms with Crippen LogP contribution in [0.4, 0.5) is 0 Å². The van der Waals surface area contributed by atoms with Crippen molar-refractivity contribution < 1.29 is 0 Å². The van der Waals surface area contributed by atoms with Crippen LogP contribution in [0.1, 0.15) is 45.0 Å². The molecule has 1 aromatic heterocycles. The van der Waals surface area contributed by atoms with Crippen molar-refractivity contribution in [2.24, 2.45) is 5.92 Å². The quantitative estimate of drug-likeness (QED) is 0.788. The molecule has 1 aromatic rings. The van der Waals surface area contributed by atoms with Crippen LogP contribution >= 0.6 is 0 Å². The highest BCUT2D eigenvalue weighted by atomic mass is 15.2. The third kappa shape index (κ3) is 1.71. The first-order valence-electron chi connectivity index (χ1n) is 6.07. The van der Waals surface area contributed by atoms with Crippen molar-refractivity contribution in [3.63, 3.8) is 0 Å². The third-order valence-corrected chi connectivity index (χ3v) is 3.61. The molecule has 2 atom stereocenters. The SMILES string of the molecule is CCN1[C@H](C)Cc2[nH]ccc2[C@H]1C(C)C. The predicted octanol–water partition coefficient (Wildman–Crippen LogP) is 2.98. The number of hydrogen-bond acceptors (Lipinski definition) is 1. The largest absolute Gasteiger partial charge is 0.365 e. The van der Waals surface area contributed by atoms with Crippen molar-refractivity contribution in [2.45, 2.75) is 46.2 Å². The Balaban J connectivity index is 2.39. The molecule has 1 aliphatic rings. The summed E-state index contributed by atoms with van der Waals surface area (Å²) in [4.78, 5) is 6.02. The van der Waals surface area contributed by atoms with Gasteiger partial charge < -0.3 is 4.98 Å².